The fourth-order valence-electron chi connectivity index (χ4n) is 5.30. The molecule has 2 atom stereocenters. The summed E-state index contributed by atoms with van der Waals surface area (Å²) >= 11 is 5.92. The van der Waals surface area contributed by atoms with Gasteiger partial charge in [-0.2, -0.15) is 0 Å². The first kappa shape index (κ1) is 24.1. The van der Waals surface area contributed by atoms with Crippen molar-refractivity contribution in [2.45, 2.75) is 38.4 Å². The minimum absolute atomic E-state index is 0.0475. The number of anilines is 2. The zero-order valence-electron chi connectivity index (χ0n) is 21.6. The first-order valence-electron chi connectivity index (χ1n) is 12.1. The lowest BCUT2D eigenvalue weighted by Gasteiger charge is -2.41. The van der Waals surface area contributed by atoms with Gasteiger partial charge >= 0.3 is 0 Å². The number of aromatic nitrogens is 1. The van der Waals surface area contributed by atoms with E-state index in [9.17, 15) is 0 Å². The zero-order valence-corrected chi connectivity index (χ0v) is 22.4. The lowest BCUT2D eigenvalue weighted by molar-refractivity contribution is 0.394. The highest BCUT2D eigenvalue weighted by Gasteiger charge is 2.42. The second-order valence-electron chi connectivity index (χ2n) is 9.85. The van der Waals surface area contributed by atoms with E-state index in [0.717, 1.165) is 22.7 Å². The molecule has 0 spiro atoms. The lowest BCUT2D eigenvalue weighted by Crippen LogP contribution is -2.42. The topological polar surface area (TPSA) is 49.9 Å². The number of allylic oxidation sites excluding steroid dienone is 1. The van der Waals surface area contributed by atoms with E-state index in [-0.39, 0.29) is 17.6 Å². The van der Waals surface area contributed by atoms with E-state index in [1.54, 1.807) is 14.2 Å². The van der Waals surface area contributed by atoms with Crippen molar-refractivity contribution in [1.29, 1.82) is 0 Å². The van der Waals surface area contributed by atoms with E-state index in [4.69, 9.17) is 21.7 Å². The van der Waals surface area contributed by atoms with Crippen molar-refractivity contribution in [3.8, 4) is 11.5 Å². The Balaban J connectivity index is 1.68. The third-order valence-corrected chi connectivity index (χ3v) is 7.64. The molecule has 5 rings (SSSR count). The molecule has 0 radical (unpaired) electrons. The Bertz CT molecular complexity index is 1340. The van der Waals surface area contributed by atoms with Gasteiger partial charge in [-0.05, 0) is 80.5 Å². The number of pyridine rings is 1. The van der Waals surface area contributed by atoms with Crippen LogP contribution >= 0.6 is 12.2 Å². The Labute approximate surface area is 218 Å². The molecule has 1 fully saturated rings. The maximum Gasteiger partial charge on any atom is 0.174 e. The predicted molar refractivity (Wildman–Crippen MR) is 150 cm³/mol. The van der Waals surface area contributed by atoms with Crippen molar-refractivity contribution in [2.75, 3.05) is 31.1 Å². The van der Waals surface area contributed by atoms with E-state index in [1.165, 1.54) is 16.8 Å². The van der Waals surface area contributed by atoms with Crippen LogP contribution in [0.15, 0.2) is 66.9 Å². The number of fused-ring (bicyclic) bond motifs is 1. The van der Waals surface area contributed by atoms with Gasteiger partial charge in [0.15, 0.2) is 5.11 Å². The normalized spacial score (nSPS) is 20.5. The number of ether oxygens (including phenoxy) is 2. The van der Waals surface area contributed by atoms with Crippen molar-refractivity contribution in [3.63, 3.8) is 0 Å². The summed E-state index contributed by atoms with van der Waals surface area (Å²) in [5.74, 6) is 1.42. The third-order valence-electron chi connectivity index (χ3n) is 7.33. The number of benzene rings is 2. The van der Waals surface area contributed by atoms with Crippen molar-refractivity contribution in [3.05, 3.63) is 83.7 Å². The first-order valence-corrected chi connectivity index (χ1v) is 12.5. The summed E-state index contributed by atoms with van der Waals surface area (Å²) in [6, 6.07) is 18.3. The van der Waals surface area contributed by atoms with Crippen LogP contribution in [-0.4, -0.2) is 36.9 Å². The maximum absolute atomic E-state index is 5.92. The fourth-order valence-corrected chi connectivity index (χ4v) is 5.64. The van der Waals surface area contributed by atoms with Crippen LogP contribution in [0.5, 0.6) is 11.5 Å². The quantitative estimate of drug-likeness (QED) is 0.437. The summed E-state index contributed by atoms with van der Waals surface area (Å²) in [4.78, 5) is 9.16. The van der Waals surface area contributed by atoms with Gasteiger partial charge in [0, 0.05) is 30.6 Å². The molecular formula is C29H32N4O2S. The zero-order chi connectivity index (χ0) is 25.6. The average Bonchev–Trinajstić information content (AvgIpc) is 3.23. The van der Waals surface area contributed by atoms with Gasteiger partial charge in [-0.15, -0.1) is 0 Å². The molecule has 0 unspecified atom stereocenters. The molecule has 1 N–H and O–H groups in total. The predicted octanol–water partition coefficient (Wildman–Crippen LogP) is 5.91. The SMILES string of the molecule is COc1ccc(N2C(=S)N[C@@H](c3ccccn3)[C@H]2c2ccc3c(c2)C(C)=CC(C)(C)N3C)c(OC)c1. The second kappa shape index (κ2) is 9.13. The number of hydrogen-bond donors (Lipinski definition) is 1. The molecular weight excluding hydrogens is 468 g/mol. The molecule has 1 saturated heterocycles. The van der Waals surface area contributed by atoms with Crippen molar-refractivity contribution < 1.29 is 9.47 Å². The van der Waals surface area contributed by atoms with Crippen molar-refractivity contribution in [1.82, 2.24) is 10.3 Å². The Hall–Kier alpha value is -3.58. The number of likely N-dealkylation sites (N-methyl/N-ethyl adjacent to an activating group) is 1. The van der Waals surface area contributed by atoms with Crippen LogP contribution in [0.4, 0.5) is 11.4 Å². The van der Waals surface area contributed by atoms with Gasteiger partial charge in [0.25, 0.3) is 0 Å². The van der Waals surface area contributed by atoms with Crippen LogP contribution in [0.1, 0.15) is 49.7 Å². The van der Waals surface area contributed by atoms with Crippen LogP contribution in [0.25, 0.3) is 5.57 Å². The summed E-state index contributed by atoms with van der Waals surface area (Å²) in [5.41, 5.74) is 6.63. The van der Waals surface area contributed by atoms with Gasteiger partial charge < -0.3 is 24.6 Å². The second-order valence-corrected chi connectivity index (χ2v) is 10.2. The van der Waals surface area contributed by atoms with E-state index in [0.29, 0.717) is 10.9 Å². The lowest BCUT2D eigenvalue weighted by atomic mass is 9.86. The highest BCUT2D eigenvalue weighted by molar-refractivity contribution is 7.80. The first-order chi connectivity index (χ1) is 17.2. The molecule has 0 aliphatic carbocycles. The Morgan fingerprint density at radius 3 is 2.47 bits per heavy atom. The highest BCUT2D eigenvalue weighted by Crippen LogP contribution is 2.47. The molecule has 3 aromatic rings. The maximum atomic E-state index is 5.92. The summed E-state index contributed by atoms with van der Waals surface area (Å²) in [7, 11) is 5.47. The number of thiocarbonyl (C=S) groups is 1. The molecule has 1 aromatic heterocycles. The molecule has 0 bridgehead atoms. The summed E-state index contributed by atoms with van der Waals surface area (Å²) in [6.07, 6.45) is 4.15. The minimum atomic E-state index is -0.134. The molecule has 2 aliphatic rings. The number of nitrogens with zero attached hydrogens (tertiary/aromatic N) is 3. The summed E-state index contributed by atoms with van der Waals surface area (Å²) in [6.45, 7) is 6.67. The standard InChI is InChI=1S/C29H32N4O2S/c1-18-17-29(2,3)32(4)23-12-10-19(15-21(18)23)27-26(22-9-7-8-14-30-22)31-28(36)33(27)24-13-11-20(34-5)16-25(24)35-6/h7-17,26-27H,1-6H3,(H,31,36)/t26-,27+/m0/s1. The third kappa shape index (κ3) is 3.97. The Morgan fingerprint density at radius 1 is 1.00 bits per heavy atom. The highest BCUT2D eigenvalue weighted by atomic mass is 32.1. The molecule has 0 saturated carbocycles. The molecule has 186 valence electrons. The van der Waals surface area contributed by atoms with E-state index < -0.39 is 0 Å². The Kier molecular flexibility index (Phi) is 6.12. The summed E-state index contributed by atoms with van der Waals surface area (Å²) in [5, 5.41) is 4.17. The van der Waals surface area contributed by atoms with Gasteiger partial charge in [-0.3, -0.25) is 4.98 Å². The van der Waals surface area contributed by atoms with Gasteiger partial charge in [0.2, 0.25) is 0 Å². The van der Waals surface area contributed by atoms with E-state index >= 15 is 0 Å². The van der Waals surface area contributed by atoms with Crippen LogP contribution in [0, 0.1) is 0 Å². The van der Waals surface area contributed by atoms with Crippen molar-refractivity contribution in [2.24, 2.45) is 0 Å². The van der Waals surface area contributed by atoms with Crippen LogP contribution < -0.4 is 24.6 Å². The molecule has 2 aliphatic heterocycles. The monoisotopic (exact) mass is 500 g/mol. The van der Waals surface area contributed by atoms with Crippen LogP contribution in [0.2, 0.25) is 0 Å². The molecule has 36 heavy (non-hydrogen) atoms. The molecule has 2 aromatic carbocycles. The van der Waals surface area contributed by atoms with Crippen LogP contribution in [-0.2, 0) is 0 Å². The fraction of sp³-hybridized carbons (Fsp3) is 0.310. The number of nitrogens with one attached hydrogen (secondary N) is 1. The Morgan fingerprint density at radius 2 is 1.78 bits per heavy atom. The minimum Gasteiger partial charge on any atom is -0.497 e. The smallest absolute Gasteiger partial charge is 0.174 e. The number of hydrogen-bond acceptors (Lipinski definition) is 5. The van der Waals surface area contributed by atoms with Gasteiger partial charge in [0.1, 0.15) is 11.5 Å². The largest absolute Gasteiger partial charge is 0.497 e. The number of methoxy groups -OCH3 is 2. The number of rotatable bonds is 5. The average molecular weight is 501 g/mol. The molecule has 6 nitrogen and oxygen atoms in total. The van der Waals surface area contributed by atoms with Gasteiger partial charge in [-0.25, -0.2) is 0 Å². The van der Waals surface area contributed by atoms with E-state index in [2.05, 4.69) is 72.2 Å². The van der Waals surface area contributed by atoms with E-state index in [1.807, 2.05) is 42.6 Å². The molecule has 3 heterocycles. The van der Waals surface area contributed by atoms with Gasteiger partial charge in [-0.1, -0.05) is 18.2 Å². The van der Waals surface area contributed by atoms with Crippen LogP contribution in [0.3, 0.4) is 0 Å². The molecule has 7 heteroatoms. The van der Waals surface area contributed by atoms with Crippen molar-refractivity contribution >= 4 is 34.3 Å². The molecule has 0 amide bonds. The summed E-state index contributed by atoms with van der Waals surface area (Å²) < 4.78 is 11.2. The van der Waals surface area contributed by atoms with Gasteiger partial charge in [0.05, 0.1) is 43.2 Å².